The second-order valence-electron chi connectivity index (χ2n) is 8.94. The zero-order valence-electron chi connectivity index (χ0n) is 16.9. The normalized spacial score (nSPS) is 31.1. The molecule has 4 fully saturated rings. The minimum absolute atomic E-state index is 0.188. The van der Waals surface area contributed by atoms with Gasteiger partial charge in [0.1, 0.15) is 0 Å². The summed E-state index contributed by atoms with van der Waals surface area (Å²) in [5, 5.41) is 3.24. The summed E-state index contributed by atoms with van der Waals surface area (Å²) >= 11 is 0. The van der Waals surface area contributed by atoms with Crippen LogP contribution in [-0.2, 0) is 4.79 Å². The minimum Gasteiger partial charge on any atom is -0.343 e. The van der Waals surface area contributed by atoms with Crippen LogP contribution in [-0.4, -0.2) is 77.0 Å². The zero-order valence-corrected chi connectivity index (χ0v) is 16.9. The van der Waals surface area contributed by atoms with Crippen molar-refractivity contribution in [2.45, 2.75) is 95.3 Å². The summed E-state index contributed by atoms with van der Waals surface area (Å²) in [7, 11) is 0. The molecule has 0 bridgehead atoms. The van der Waals surface area contributed by atoms with E-state index in [0.29, 0.717) is 36.5 Å². The largest absolute Gasteiger partial charge is 0.343 e. The van der Waals surface area contributed by atoms with Gasteiger partial charge in [0.05, 0.1) is 12.1 Å². The average Bonchev–Trinajstić information content (AvgIpc) is 3.04. The molecule has 0 aromatic heterocycles. The summed E-state index contributed by atoms with van der Waals surface area (Å²) in [5.41, 5.74) is 0. The number of likely N-dealkylation sites (tertiary alicyclic amines) is 2. The van der Waals surface area contributed by atoms with Gasteiger partial charge in [-0.15, -0.1) is 0 Å². The van der Waals surface area contributed by atoms with Crippen molar-refractivity contribution in [2.24, 2.45) is 0 Å². The number of fused-ring (bicyclic) bond motifs is 1. The molecule has 0 radical (unpaired) electrons. The van der Waals surface area contributed by atoms with E-state index in [9.17, 15) is 9.59 Å². The molecule has 152 valence electrons. The number of rotatable bonds is 4. The standard InChI is InChI=1S/C21H36N4O2/c1-2-5-20(26)24-14-8-16(9-15-24)23-12-10-17(11-13-23)25-19-7-4-3-6-18(19)22-21(25)27/h16-19H,2-15H2,1H3,(H,22,27)/t18-,19-/m0/s1. The number of hydrogen-bond acceptors (Lipinski definition) is 3. The van der Waals surface area contributed by atoms with Crippen molar-refractivity contribution in [1.82, 2.24) is 20.0 Å². The Morgan fingerprint density at radius 3 is 2.33 bits per heavy atom. The lowest BCUT2D eigenvalue weighted by Gasteiger charge is -2.44. The molecule has 3 amide bonds. The summed E-state index contributed by atoms with van der Waals surface area (Å²) in [5.74, 6) is 0.330. The van der Waals surface area contributed by atoms with Crippen molar-refractivity contribution >= 4 is 11.9 Å². The van der Waals surface area contributed by atoms with Gasteiger partial charge in [0, 0.05) is 44.7 Å². The van der Waals surface area contributed by atoms with Gasteiger partial charge in [-0.05, 0) is 44.9 Å². The van der Waals surface area contributed by atoms with Crippen molar-refractivity contribution in [1.29, 1.82) is 0 Å². The Kier molecular flexibility index (Phi) is 5.90. The molecule has 1 saturated carbocycles. The molecular formula is C21H36N4O2. The molecule has 6 heteroatoms. The lowest BCUT2D eigenvalue weighted by Crippen LogP contribution is -2.53. The fourth-order valence-electron chi connectivity index (χ4n) is 5.81. The third-order valence-corrected chi connectivity index (χ3v) is 7.32. The number of urea groups is 1. The number of nitrogens with zero attached hydrogens (tertiary/aromatic N) is 3. The number of piperidine rings is 2. The van der Waals surface area contributed by atoms with Crippen LogP contribution in [0.25, 0.3) is 0 Å². The number of carbonyl (C=O) groups excluding carboxylic acids is 2. The van der Waals surface area contributed by atoms with Crippen LogP contribution in [0.2, 0.25) is 0 Å². The summed E-state index contributed by atoms with van der Waals surface area (Å²) in [4.78, 5) is 31.5. The van der Waals surface area contributed by atoms with Crippen LogP contribution in [0.1, 0.15) is 71.1 Å². The predicted molar refractivity (Wildman–Crippen MR) is 106 cm³/mol. The van der Waals surface area contributed by atoms with Crippen molar-refractivity contribution in [3.63, 3.8) is 0 Å². The van der Waals surface area contributed by atoms with Crippen molar-refractivity contribution in [3.05, 3.63) is 0 Å². The van der Waals surface area contributed by atoms with Gasteiger partial charge >= 0.3 is 6.03 Å². The SMILES string of the molecule is CCCC(=O)N1CCC(N2CCC(N3C(=O)N[C@H]4CCCC[C@@H]43)CC2)CC1. The summed E-state index contributed by atoms with van der Waals surface area (Å²) in [6.07, 6.45) is 10.9. The fraction of sp³-hybridized carbons (Fsp3) is 0.905. The Hall–Kier alpha value is -1.30. The van der Waals surface area contributed by atoms with E-state index in [1.807, 2.05) is 0 Å². The lowest BCUT2D eigenvalue weighted by atomic mass is 9.89. The Balaban J connectivity index is 1.26. The monoisotopic (exact) mass is 376 g/mol. The average molecular weight is 377 g/mol. The molecule has 1 N–H and O–H groups in total. The Bertz CT molecular complexity index is 538. The molecule has 2 atom stereocenters. The third kappa shape index (κ3) is 3.96. The maximum absolute atomic E-state index is 12.5. The van der Waals surface area contributed by atoms with Gasteiger partial charge in [-0.1, -0.05) is 19.8 Å². The summed E-state index contributed by atoms with van der Waals surface area (Å²) in [6.45, 7) is 6.10. The first-order chi connectivity index (χ1) is 13.2. The van der Waals surface area contributed by atoms with E-state index in [0.717, 1.165) is 64.7 Å². The number of hydrogen-bond donors (Lipinski definition) is 1. The molecular weight excluding hydrogens is 340 g/mol. The van der Waals surface area contributed by atoms with Crippen molar-refractivity contribution in [2.75, 3.05) is 26.2 Å². The van der Waals surface area contributed by atoms with Crippen molar-refractivity contribution < 1.29 is 9.59 Å². The van der Waals surface area contributed by atoms with Gasteiger partial charge in [-0.3, -0.25) is 4.79 Å². The van der Waals surface area contributed by atoms with Crippen LogP contribution in [0.5, 0.6) is 0 Å². The molecule has 6 nitrogen and oxygen atoms in total. The van der Waals surface area contributed by atoms with E-state index in [2.05, 4.69) is 26.9 Å². The van der Waals surface area contributed by atoms with E-state index in [1.165, 1.54) is 19.3 Å². The Morgan fingerprint density at radius 1 is 0.963 bits per heavy atom. The molecule has 27 heavy (non-hydrogen) atoms. The van der Waals surface area contributed by atoms with Gasteiger partial charge in [0.25, 0.3) is 0 Å². The van der Waals surface area contributed by atoms with Crippen LogP contribution >= 0.6 is 0 Å². The molecule has 4 rings (SSSR count). The number of amides is 3. The minimum atomic E-state index is 0.188. The summed E-state index contributed by atoms with van der Waals surface area (Å²) < 4.78 is 0. The van der Waals surface area contributed by atoms with Crippen LogP contribution in [0.15, 0.2) is 0 Å². The predicted octanol–water partition coefficient (Wildman–Crippen LogP) is 2.58. The molecule has 0 spiro atoms. The highest BCUT2D eigenvalue weighted by atomic mass is 16.2. The molecule has 4 aliphatic rings. The molecule has 0 aromatic carbocycles. The third-order valence-electron chi connectivity index (χ3n) is 7.32. The lowest BCUT2D eigenvalue weighted by molar-refractivity contribution is -0.132. The van der Waals surface area contributed by atoms with E-state index in [4.69, 9.17) is 0 Å². The Morgan fingerprint density at radius 2 is 1.63 bits per heavy atom. The van der Waals surface area contributed by atoms with E-state index >= 15 is 0 Å². The topological polar surface area (TPSA) is 55.9 Å². The van der Waals surface area contributed by atoms with Gasteiger partial charge < -0.3 is 20.0 Å². The van der Waals surface area contributed by atoms with Crippen LogP contribution in [0.3, 0.4) is 0 Å². The highest BCUT2D eigenvalue weighted by molar-refractivity contribution is 5.78. The van der Waals surface area contributed by atoms with E-state index in [-0.39, 0.29) is 6.03 Å². The smallest absolute Gasteiger partial charge is 0.318 e. The van der Waals surface area contributed by atoms with E-state index < -0.39 is 0 Å². The van der Waals surface area contributed by atoms with Crippen LogP contribution in [0, 0.1) is 0 Å². The first-order valence-corrected chi connectivity index (χ1v) is 11.3. The quantitative estimate of drug-likeness (QED) is 0.820. The van der Waals surface area contributed by atoms with Crippen LogP contribution < -0.4 is 5.32 Å². The zero-order chi connectivity index (χ0) is 18.8. The molecule has 1 aliphatic carbocycles. The highest BCUT2D eigenvalue weighted by Gasteiger charge is 2.44. The molecule has 0 aromatic rings. The van der Waals surface area contributed by atoms with Gasteiger partial charge in [-0.2, -0.15) is 0 Å². The molecule has 3 saturated heterocycles. The van der Waals surface area contributed by atoms with Crippen molar-refractivity contribution in [3.8, 4) is 0 Å². The maximum Gasteiger partial charge on any atom is 0.318 e. The van der Waals surface area contributed by atoms with Gasteiger partial charge in [-0.25, -0.2) is 4.79 Å². The Labute approximate surface area is 163 Å². The van der Waals surface area contributed by atoms with Crippen LogP contribution in [0.4, 0.5) is 4.79 Å². The highest BCUT2D eigenvalue weighted by Crippen LogP contribution is 2.33. The second-order valence-corrected chi connectivity index (χ2v) is 8.94. The van der Waals surface area contributed by atoms with Gasteiger partial charge in [0.15, 0.2) is 0 Å². The van der Waals surface area contributed by atoms with Gasteiger partial charge in [0.2, 0.25) is 5.91 Å². The summed E-state index contributed by atoms with van der Waals surface area (Å²) in [6, 6.07) is 2.06. The molecule has 3 aliphatic heterocycles. The first kappa shape index (κ1) is 19.0. The number of nitrogens with one attached hydrogen (secondary N) is 1. The second kappa shape index (κ2) is 8.38. The molecule has 0 unspecified atom stereocenters. The number of carbonyl (C=O) groups is 2. The van der Waals surface area contributed by atoms with E-state index in [1.54, 1.807) is 0 Å². The first-order valence-electron chi connectivity index (χ1n) is 11.3. The maximum atomic E-state index is 12.5. The fourth-order valence-corrected chi connectivity index (χ4v) is 5.81. The molecule has 3 heterocycles.